The Labute approximate surface area is 237 Å². The first-order chi connectivity index (χ1) is 19.5. The molecule has 0 fully saturated rings. The number of halogens is 1. The molecule has 0 amide bonds. The van der Waals surface area contributed by atoms with E-state index in [1.54, 1.807) is 13.2 Å². The first-order valence-electron chi connectivity index (χ1n) is 12.1. The van der Waals surface area contributed by atoms with E-state index in [2.05, 4.69) is 12.1 Å². The highest BCUT2D eigenvalue weighted by Crippen LogP contribution is 2.32. The number of nitrogens with zero attached hydrogens (tertiary/aromatic N) is 1. The number of aromatic hydroxyl groups is 1. The van der Waals surface area contributed by atoms with Gasteiger partial charge < -0.3 is 14.9 Å². The third-order valence-electron chi connectivity index (χ3n) is 6.10. The van der Waals surface area contributed by atoms with Gasteiger partial charge in [-0.25, -0.2) is 23.4 Å². The molecule has 0 atom stereocenters. The van der Waals surface area contributed by atoms with Gasteiger partial charge in [-0.1, -0.05) is 48.5 Å². The normalized spacial score (nSPS) is 10.9. The topological polar surface area (TPSA) is 163 Å². The van der Waals surface area contributed by atoms with Crippen LogP contribution in [-0.4, -0.2) is 23.3 Å². The van der Waals surface area contributed by atoms with E-state index in [0.29, 0.717) is 5.69 Å². The van der Waals surface area contributed by atoms with E-state index in [0.717, 1.165) is 39.4 Å². The summed E-state index contributed by atoms with van der Waals surface area (Å²) in [6, 6.07) is 36.7. The highest BCUT2D eigenvalue weighted by atomic mass is 35.7. The van der Waals surface area contributed by atoms with E-state index in [4.69, 9.17) is 23.4 Å². The molecule has 1 aromatic heterocycles. The fraction of sp³-hybridized carbons (Fsp3) is 0.0323. The molecule has 0 saturated carbocycles. The largest absolute Gasteiger partial charge is 0.507 e. The molecule has 9 nitrogen and oxygen atoms in total. The molecule has 10 heteroatoms. The summed E-state index contributed by atoms with van der Waals surface area (Å²) in [7, 11) is -3.30. The lowest BCUT2D eigenvalue weighted by Gasteiger charge is -2.17. The van der Waals surface area contributed by atoms with Gasteiger partial charge in [0.05, 0.1) is 13.2 Å². The second-order valence-corrected chi connectivity index (χ2v) is 9.45. The minimum atomic E-state index is -4.94. The second-order valence-electron chi connectivity index (χ2n) is 8.70. The van der Waals surface area contributed by atoms with Crippen molar-refractivity contribution in [3.63, 3.8) is 0 Å². The van der Waals surface area contributed by atoms with Crippen LogP contribution in [0.2, 0.25) is 0 Å². The van der Waals surface area contributed by atoms with Crippen molar-refractivity contribution >= 4 is 5.97 Å². The lowest BCUT2D eigenvalue weighted by Crippen LogP contribution is -2.68. The van der Waals surface area contributed by atoms with E-state index in [1.165, 1.54) is 12.1 Å². The summed E-state index contributed by atoms with van der Waals surface area (Å²) < 4.78 is 41.4. The number of hydrogen-bond acceptors (Lipinski definition) is 7. The fourth-order valence-electron chi connectivity index (χ4n) is 4.31. The maximum absolute atomic E-state index is 11.5. The van der Waals surface area contributed by atoms with Crippen LogP contribution in [0.4, 0.5) is 0 Å². The molecule has 0 bridgehead atoms. The summed E-state index contributed by atoms with van der Waals surface area (Å²) in [4.78, 5) is 11.5. The molecular weight excluding hydrogens is 550 g/mol. The first-order valence-corrected chi connectivity index (χ1v) is 13.3. The highest BCUT2D eigenvalue weighted by molar-refractivity contribution is 5.91. The number of phenols is 1. The Balaban J connectivity index is 0.000000714. The Morgan fingerprint density at radius 3 is 1.59 bits per heavy atom. The van der Waals surface area contributed by atoms with Crippen LogP contribution in [0.15, 0.2) is 115 Å². The molecule has 0 aliphatic carbocycles. The maximum atomic E-state index is 11.5. The van der Waals surface area contributed by atoms with Crippen molar-refractivity contribution in [3.05, 3.63) is 121 Å². The van der Waals surface area contributed by atoms with Crippen LogP contribution in [0.3, 0.4) is 0 Å². The molecule has 2 N–H and O–H groups in total. The van der Waals surface area contributed by atoms with Crippen LogP contribution in [0.25, 0.3) is 39.3 Å². The predicted molar refractivity (Wildman–Crippen MR) is 139 cm³/mol. The summed E-state index contributed by atoms with van der Waals surface area (Å²) in [6.07, 6.45) is 0. The van der Waals surface area contributed by atoms with E-state index in [-0.39, 0.29) is 11.3 Å². The molecule has 0 saturated heterocycles. The van der Waals surface area contributed by atoms with Crippen LogP contribution < -0.4 is 27.9 Å². The monoisotopic (exact) mass is 573 g/mol. The van der Waals surface area contributed by atoms with Gasteiger partial charge in [-0.2, -0.15) is 4.57 Å². The second kappa shape index (κ2) is 12.6. The SMILES string of the molecule is COc1ccc(-c2cc(-c3ccccc3)[n+](-c3ccc(C(=O)O)c(O)c3)c(-c3ccccc3)c2)cc1.[O-][Cl+3]([O-])([O-])[O-]. The molecule has 208 valence electrons. The molecule has 0 spiro atoms. The third kappa shape index (κ3) is 7.46. The Morgan fingerprint density at radius 1 is 0.683 bits per heavy atom. The van der Waals surface area contributed by atoms with Crippen molar-refractivity contribution in [2.75, 3.05) is 7.11 Å². The summed E-state index contributed by atoms with van der Waals surface area (Å²) in [5, 5.41) is 19.9. The van der Waals surface area contributed by atoms with Gasteiger partial charge in [0.25, 0.3) is 0 Å². The summed E-state index contributed by atoms with van der Waals surface area (Å²) >= 11 is 0. The molecule has 0 aliphatic heterocycles. The van der Waals surface area contributed by atoms with Crippen molar-refractivity contribution in [2.45, 2.75) is 0 Å². The van der Waals surface area contributed by atoms with Gasteiger partial charge in [0.15, 0.2) is 0 Å². The number of carbonyl (C=O) groups is 1. The number of hydrogen-bond donors (Lipinski definition) is 2. The van der Waals surface area contributed by atoms with E-state index in [1.807, 2.05) is 89.5 Å². The first kappa shape index (κ1) is 29.2. The lowest BCUT2D eigenvalue weighted by molar-refractivity contribution is -2.00. The Bertz CT molecular complexity index is 1570. The van der Waals surface area contributed by atoms with E-state index >= 15 is 0 Å². The van der Waals surface area contributed by atoms with Crippen molar-refractivity contribution in [1.82, 2.24) is 0 Å². The number of aromatic carboxylic acids is 1. The highest BCUT2D eigenvalue weighted by Gasteiger charge is 2.26. The van der Waals surface area contributed by atoms with Crippen LogP contribution in [0.1, 0.15) is 10.4 Å². The number of pyridine rings is 1. The maximum Gasteiger partial charge on any atom is 0.339 e. The Kier molecular flexibility index (Phi) is 8.98. The molecule has 5 aromatic rings. The zero-order valence-corrected chi connectivity index (χ0v) is 22.4. The van der Waals surface area contributed by atoms with Crippen LogP contribution in [0.5, 0.6) is 11.5 Å². The number of carboxylic acids is 1. The van der Waals surface area contributed by atoms with Gasteiger partial charge in [0.2, 0.25) is 17.1 Å². The number of ether oxygens (including phenoxy) is 1. The lowest BCUT2D eigenvalue weighted by atomic mass is 9.98. The van der Waals surface area contributed by atoms with Crippen LogP contribution in [0, 0.1) is 10.2 Å². The van der Waals surface area contributed by atoms with Crippen molar-refractivity contribution < 1.29 is 53.2 Å². The summed E-state index contributed by atoms with van der Waals surface area (Å²) in [6.45, 7) is 0. The predicted octanol–water partition coefficient (Wildman–Crippen LogP) is 1.62. The molecule has 0 radical (unpaired) electrons. The molecule has 4 aromatic carbocycles. The third-order valence-corrected chi connectivity index (χ3v) is 6.10. The zero-order valence-electron chi connectivity index (χ0n) is 21.6. The molecular formula is C31H24ClNO8. The number of aromatic nitrogens is 1. The van der Waals surface area contributed by atoms with Crippen LogP contribution in [-0.2, 0) is 0 Å². The zero-order chi connectivity index (χ0) is 29.6. The quantitative estimate of drug-likeness (QED) is 0.289. The molecule has 1 heterocycles. The Hall–Kier alpha value is -4.77. The fourth-order valence-corrected chi connectivity index (χ4v) is 4.31. The molecule has 41 heavy (non-hydrogen) atoms. The van der Waals surface area contributed by atoms with Crippen LogP contribution >= 0.6 is 0 Å². The molecule has 0 aliphatic rings. The number of carboxylic acid groups (broad SMARTS) is 1. The van der Waals surface area contributed by atoms with Gasteiger partial charge in [0, 0.05) is 29.3 Å². The minimum Gasteiger partial charge on any atom is -0.507 e. The molecule has 5 rings (SSSR count). The van der Waals surface area contributed by atoms with E-state index in [9.17, 15) is 15.0 Å². The Morgan fingerprint density at radius 2 is 1.17 bits per heavy atom. The average molecular weight is 574 g/mol. The van der Waals surface area contributed by atoms with E-state index < -0.39 is 16.2 Å². The smallest absolute Gasteiger partial charge is 0.339 e. The average Bonchev–Trinajstić information content (AvgIpc) is 2.96. The number of benzene rings is 4. The molecule has 0 unspecified atom stereocenters. The summed E-state index contributed by atoms with van der Waals surface area (Å²) in [5.41, 5.74) is 6.29. The summed E-state index contributed by atoms with van der Waals surface area (Å²) in [5.74, 6) is -0.680. The standard InChI is InChI=1S/C31H23NO4.ClHO4/c1-36-26-15-12-21(13-16-26)24-18-28(22-8-4-2-5-9-22)32(29(19-24)23-10-6-3-7-11-23)25-14-17-27(31(34)35)30(33)20-25;2-1(3,4)5/h2-20H,1H3,(H-,33,34,35);(H,2,3,4,5). The van der Waals surface area contributed by atoms with Gasteiger partial charge in [0.1, 0.15) is 17.1 Å². The van der Waals surface area contributed by atoms with Crippen molar-refractivity contribution in [2.24, 2.45) is 0 Å². The number of rotatable bonds is 6. The minimum absolute atomic E-state index is 0.142. The van der Waals surface area contributed by atoms with Crippen molar-refractivity contribution in [3.8, 4) is 50.8 Å². The van der Waals surface area contributed by atoms with Gasteiger partial charge in [-0.05, 0) is 53.6 Å². The van der Waals surface area contributed by atoms with Crippen molar-refractivity contribution in [1.29, 1.82) is 0 Å². The van der Waals surface area contributed by atoms with Gasteiger partial charge >= 0.3 is 5.97 Å². The van der Waals surface area contributed by atoms with Gasteiger partial charge in [-0.15, -0.1) is 10.2 Å². The number of methoxy groups -OCH3 is 1. The van der Waals surface area contributed by atoms with Gasteiger partial charge in [-0.3, -0.25) is 0 Å².